The zero-order chi connectivity index (χ0) is 10.9. The molecule has 2 nitrogen and oxygen atoms in total. The first-order valence-corrected chi connectivity index (χ1v) is 7.80. The molecule has 0 saturated heterocycles. The molecule has 14 heavy (non-hydrogen) atoms. The van der Waals surface area contributed by atoms with Gasteiger partial charge in [0.2, 0.25) is 0 Å². The zero-order valence-electron chi connectivity index (χ0n) is 7.33. The Hall–Kier alpha value is 1.74. The fraction of sp³-hybridized carbons (Fsp3) is 0.250. The largest absolute Gasteiger partial charge is 0.494 e. The van der Waals surface area contributed by atoms with Crippen LogP contribution in [-0.2, 0) is 0 Å². The van der Waals surface area contributed by atoms with Crippen LogP contribution < -0.4 is 9.47 Å². The number of hydrogen-bond acceptors (Lipinski definition) is 2. The number of rotatable bonds is 2. The molecule has 0 spiro atoms. The monoisotopic (exact) mass is 642 g/mol. The van der Waals surface area contributed by atoms with Crippen LogP contribution in [0.25, 0.3) is 0 Å². The molecule has 0 N–H and O–H groups in total. The molecule has 0 bridgehead atoms. The molecule has 0 aliphatic heterocycles. The number of methoxy groups -OCH3 is 2. The highest BCUT2D eigenvalue weighted by Crippen LogP contribution is 2.41. The normalized spacial score (nSPS) is 10.1. The average Bonchev–Trinajstić information content (AvgIpc) is 2.17. The van der Waals surface area contributed by atoms with Crippen molar-refractivity contribution in [1.29, 1.82) is 0 Å². The van der Waals surface area contributed by atoms with Gasteiger partial charge in [-0.15, -0.1) is 0 Å². The van der Waals surface area contributed by atoms with E-state index in [0.29, 0.717) is 0 Å². The van der Waals surface area contributed by atoms with Gasteiger partial charge in [0.25, 0.3) is 0 Å². The molecule has 6 heteroatoms. The van der Waals surface area contributed by atoms with E-state index in [1.54, 1.807) is 14.2 Å². The predicted octanol–water partition coefficient (Wildman–Crippen LogP) is 4.12. The van der Waals surface area contributed by atoms with Gasteiger partial charge in [0.1, 0.15) is 11.5 Å². The summed E-state index contributed by atoms with van der Waals surface area (Å²) in [6, 6.07) is 0. The van der Waals surface area contributed by atoms with Crippen LogP contribution in [0.4, 0.5) is 0 Å². The Labute approximate surface area is 137 Å². The van der Waals surface area contributed by atoms with Gasteiger partial charge in [-0.25, -0.2) is 0 Å². The summed E-state index contributed by atoms with van der Waals surface area (Å²) in [5, 5.41) is 0. The Kier molecular flexibility index (Phi) is 5.81. The average molecular weight is 642 g/mol. The van der Waals surface area contributed by atoms with Gasteiger partial charge in [-0.3, -0.25) is 0 Å². The van der Waals surface area contributed by atoms with Gasteiger partial charge in [0, 0.05) is 0 Å². The van der Waals surface area contributed by atoms with Crippen LogP contribution in [0, 0.1) is 14.3 Å². The van der Waals surface area contributed by atoms with E-state index in [-0.39, 0.29) is 0 Å². The molecule has 0 atom stereocenters. The van der Waals surface area contributed by atoms with Crippen molar-refractivity contribution >= 4 is 90.4 Å². The molecule has 0 aromatic heterocycles. The summed E-state index contributed by atoms with van der Waals surface area (Å²) in [7, 11) is 3.39. The summed E-state index contributed by atoms with van der Waals surface area (Å²) < 4.78 is 15.1. The predicted molar refractivity (Wildman–Crippen MR) is 90.4 cm³/mol. The third-order valence-electron chi connectivity index (χ3n) is 1.59. The van der Waals surface area contributed by atoms with Gasteiger partial charge in [0.05, 0.1) is 28.5 Å². The van der Waals surface area contributed by atoms with E-state index in [1.165, 1.54) is 0 Å². The van der Waals surface area contributed by atoms with Gasteiger partial charge >= 0.3 is 0 Å². The maximum atomic E-state index is 5.36. The van der Waals surface area contributed by atoms with E-state index in [4.69, 9.17) is 9.47 Å². The summed E-state index contributed by atoms with van der Waals surface area (Å²) in [4.78, 5) is 0. The third kappa shape index (κ3) is 2.52. The van der Waals surface area contributed by atoms with Crippen LogP contribution in [0.1, 0.15) is 0 Å². The van der Waals surface area contributed by atoms with Gasteiger partial charge in [-0.1, -0.05) is 0 Å². The highest BCUT2D eigenvalue weighted by molar-refractivity contribution is 14.1. The van der Waals surface area contributed by atoms with Crippen molar-refractivity contribution in [2.45, 2.75) is 0 Å². The molecule has 0 fully saturated rings. The van der Waals surface area contributed by atoms with Crippen molar-refractivity contribution in [3.05, 3.63) is 14.3 Å². The topological polar surface area (TPSA) is 18.5 Å². The lowest BCUT2D eigenvalue weighted by atomic mass is 10.3. The highest BCUT2D eigenvalue weighted by atomic mass is 127. The first-order valence-electron chi connectivity index (χ1n) is 3.48. The lowest BCUT2D eigenvalue weighted by Crippen LogP contribution is -2.00. The van der Waals surface area contributed by atoms with Crippen LogP contribution in [0.3, 0.4) is 0 Å². The van der Waals surface area contributed by atoms with Gasteiger partial charge in [-0.05, 0) is 90.4 Å². The molecule has 78 valence electrons. The van der Waals surface area contributed by atoms with Crippen LogP contribution in [0.15, 0.2) is 0 Å². The van der Waals surface area contributed by atoms with Crippen molar-refractivity contribution < 1.29 is 9.47 Å². The molecule has 0 aliphatic carbocycles. The van der Waals surface area contributed by atoms with Crippen molar-refractivity contribution in [1.82, 2.24) is 0 Å². The number of ether oxygens (including phenoxy) is 2. The van der Waals surface area contributed by atoms with E-state index in [2.05, 4.69) is 90.4 Å². The van der Waals surface area contributed by atoms with Crippen LogP contribution >= 0.6 is 90.4 Å². The Bertz CT molecular complexity index is 301. The zero-order valence-corrected chi connectivity index (χ0v) is 16.0. The maximum absolute atomic E-state index is 5.36. The van der Waals surface area contributed by atoms with E-state index in [9.17, 15) is 0 Å². The summed E-state index contributed by atoms with van der Waals surface area (Å²) in [6.45, 7) is 0. The second kappa shape index (κ2) is 5.89. The molecule has 0 heterocycles. The van der Waals surface area contributed by atoms with E-state index >= 15 is 0 Å². The minimum absolute atomic E-state index is 0.931. The van der Waals surface area contributed by atoms with E-state index in [1.807, 2.05) is 0 Å². The Morgan fingerprint density at radius 3 is 1.00 bits per heavy atom. The molecule has 0 radical (unpaired) electrons. The summed E-state index contributed by atoms with van der Waals surface area (Å²) in [5.41, 5.74) is 0. The molecular weight excluding hydrogens is 636 g/mol. The molecule has 0 aliphatic rings. The Balaban J connectivity index is 3.55. The minimum Gasteiger partial charge on any atom is -0.494 e. The first-order chi connectivity index (χ1) is 6.54. The highest BCUT2D eigenvalue weighted by Gasteiger charge is 2.19. The summed E-state index contributed by atoms with van der Waals surface area (Å²) >= 11 is 9.10. The Morgan fingerprint density at radius 2 is 0.857 bits per heavy atom. The minimum atomic E-state index is 0.931. The van der Waals surface area contributed by atoms with E-state index < -0.39 is 0 Å². The standard InChI is InChI=1S/C8H6I4O2/c1-13-7-3(9)5(11)8(14-2)6(12)4(7)10/h1-2H3. The van der Waals surface area contributed by atoms with Crippen molar-refractivity contribution in [3.8, 4) is 11.5 Å². The number of benzene rings is 1. The quantitative estimate of drug-likeness (QED) is 0.358. The number of halogens is 4. The molecular formula is C8H6I4O2. The lowest BCUT2D eigenvalue weighted by Gasteiger charge is -2.14. The SMILES string of the molecule is COc1c(I)c(I)c(OC)c(I)c1I. The van der Waals surface area contributed by atoms with Gasteiger partial charge in [0.15, 0.2) is 0 Å². The number of hydrogen-bond donors (Lipinski definition) is 0. The van der Waals surface area contributed by atoms with Crippen molar-refractivity contribution in [2.24, 2.45) is 0 Å². The summed E-state index contributed by atoms with van der Waals surface area (Å²) in [5.74, 6) is 1.86. The van der Waals surface area contributed by atoms with Crippen LogP contribution in [0.2, 0.25) is 0 Å². The molecule has 0 amide bonds. The van der Waals surface area contributed by atoms with Crippen LogP contribution in [-0.4, -0.2) is 14.2 Å². The molecule has 0 saturated carbocycles. The van der Waals surface area contributed by atoms with Crippen molar-refractivity contribution in [2.75, 3.05) is 14.2 Å². The van der Waals surface area contributed by atoms with Gasteiger partial charge in [-0.2, -0.15) is 0 Å². The molecule has 0 unspecified atom stereocenters. The van der Waals surface area contributed by atoms with Crippen LogP contribution in [0.5, 0.6) is 11.5 Å². The first kappa shape index (κ1) is 13.8. The third-order valence-corrected chi connectivity index (χ3v) is 7.77. The van der Waals surface area contributed by atoms with Crippen molar-refractivity contribution in [3.63, 3.8) is 0 Å². The Morgan fingerprint density at radius 1 is 0.643 bits per heavy atom. The summed E-state index contributed by atoms with van der Waals surface area (Å²) in [6.07, 6.45) is 0. The second-order valence-corrected chi connectivity index (χ2v) is 6.64. The fourth-order valence-corrected chi connectivity index (χ4v) is 4.92. The van der Waals surface area contributed by atoms with Gasteiger partial charge < -0.3 is 9.47 Å². The molecule has 1 aromatic carbocycles. The molecule has 1 aromatic rings. The van der Waals surface area contributed by atoms with E-state index in [0.717, 1.165) is 25.8 Å². The second-order valence-electron chi connectivity index (χ2n) is 2.32. The maximum Gasteiger partial charge on any atom is 0.147 e. The lowest BCUT2D eigenvalue weighted by molar-refractivity contribution is 0.392. The molecule has 1 rings (SSSR count). The smallest absolute Gasteiger partial charge is 0.147 e. The fourth-order valence-electron chi connectivity index (χ4n) is 0.950.